The maximum Gasteiger partial charge on any atom is 0.270 e. The molecule has 1 aliphatic heterocycles. The molecule has 0 radical (unpaired) electrons. The van der Waals surface area contributed by atoms with Crippen molar-refractivity contribution in [1.82, 2.24) is 10.3 Å². The molecule has 0 spiro atoms. The van der Waals surface area contributed by atoms with Crippen LogP contribution in [0.25, 0.3) is 0 Å². The van der Waals surface area contributed by atoms with Crippen molar-refractivity contribution in [2.75, 3.05) is 18.5 Å². The fraction of sp³-hybridized carbons (Fsp3) is 0.278. The molecular weight excluding hydrogens is 288 g/mol. The van der Waals surface area contributed by atoms with E-state index < -0.39 is 0 Å². The van der Waals surface area contributed by atoms with Crippen molar-refractivity contribution in [2.24, 2.45) is 0 Å². The molecule has 1 amide bonds. The summed E-state index contributed by atoms with van der Waals surface area (Å²) in [7, 11) is 2.10. The van der Waals surface area contributed by atoms with E-state index in [4.69, 9.17) is 5.26 Å². The van der Waals surface area contributed by atoms with Crippen molar-refractivity contribution in [3.05, 3.63) is 58.9 Å². The van der Waals surface area contributed by atoms with Gasteiger partial charge in [0.15, 0.2) is 0 Å². The molecule has 2 aromatic rings. The van der Waals surface area contributed by atoms with Gasteiger partial charge >= 0.3 is 0 Å². The van der Waals surface area contributed by atoms with E-state index in [9.17, 15) is 4.79 Å². The van der Waals surface area contributed by atoms with Gasteiger partial charge in [-0.05, 0) is 42.2 Å². The van der Waals surface area contributed by atoms with Crippen LogP contribution in [0.2, 0.25) is 0 Å². The van der Waals surface area contributed by atoms with Gasteiger partial charge in [-0.3, -0.25) is 9.78 Å². The Bertz CT molecular complexity index is 779. The second-order valence-corrected chi connectivity index (χ2v) is 5.71. The molecule has 1 aromatic heterocycles. The van der Waals surface area contributed by atoms with E-state index in [0.29, 0.717) is 12.1 Å². The van der Waals surface area contributed by atoms with Crippen LogP contribution in [-0.4, -0.2) is 24.5 Å². The number of rotatable bonds is 3. The molecule has 0 saturated heterocycles. The zero-order chi connectivity index (χ0) is 16.2. The van der Waals surface area contributed by atoms with Gasteiger partial charge < -0.3 is 10.2 Å². The number of hydrogen-bond acceptors (Lipinski definition) is 4. The largest absolute Gasteiger partial charge is 0.374 e. The van der Waals surface area contributed by atoms with Gasteiger partial charge in [0.05, 0.1) is 11.6 Å². The minimum Gasteiger partial charge on any atom is -0.374 e. The Morgan fingerprint density at radius 2 is 2.26 bits per heavy atom. The Hall–Kier alpha value is -2.87. The van der Waals surface area contributed by atoms with Crippen molar-refractivity contribution in [2.45, 2.75) is 19.4 Å². The number of fused-ring (bicyclic) bond motifs is 1. The molecule has 1 aromatic carbocycles. The molecule has 5 heteroatoms. The van der Waals surface area contributed by atoms with E-state index in [0.717, 1.165) is 24.9 Å². The molecule has 0 atom stereocenters. The predicted molar refractivity (Wildman–Crippen MR) is 88.2 cm³/mol. The Balaban J connectivity index is 1.68. The monoisotopic (exact) mass is 306 g/mol. The average Bonchev–Trinajstić information content (AvgIpc) is 2.60. The van der Waals surface area contributed by atoms with Crippen LogP contribution in [0.5, 0.6) is 0 Å². The highest BCUT2D eigenvalue weighted by Crippen LogP contribution is 2.26. The van der Waals surface area contributed by atoms with E-state index in [1.165, 1.54) is 23.5 Å². The van der Waals surface area contributed by atoms with Crippen LogP contribution in [0.4, 0.5) is 5.69 Å². The lowest BCUT2D eigenvalue weighted by atomic mass is 9.99. The van der Waals surface area contributed by atoms with Crippen LogP contribution >= 0.6 is 0 Å². The number of benzene rings is 1. The van der Waals surface area contributed by atoms with Gasteiger partial charge in [0.2, 0.25) is 0 Å². The number of amides is 1. The molecular formula is C18H18N4O. The summed E-state index contributed by atoms with van der Waals surface area (Å²) in [5.41, 5.74) is 4.37. The number of hydrogen-bond donors (Lipinski definition) is 1. The van der Waals surface area contributed by atoms with Crippen LogP contribution in [0.15, 0.2) is 36.5 Å². The molecule has 0 saturated carbocycles. The van der Waals surface area contributed by atoms with Gasteiger partial charge in [-0.2, -0.15) is 5.26 Å². The third-order valence-electron chi connectivity index (χ3n) is 4.07. The molecule has 116 valence electrons. The number of anilines is 1. The second kappa shape index (κ2) is 6.49. The quantitative estimate of drug-likeness (QED) is 0.944. The molecule has 0 unspecified atom stereocenters. The van der Waals surface area contributed by atoms with Gasteiger partial charge in [0.1, 0.15) is 5.69 Å². The Labute approximate surface area is 135 Å². The molecule has 2 heterocycles. The first kappa shape index (κ1) is 15.0. The van der Waals surface area contributed by atoms with E-state index in [2.05, 4.69) is 34.4 Å². The third-order valence-corrected chi connectivity index (χ3v) is 4.07. The number of aromatic nitrogens is 1. The van der Waals surface area contributed by atoms with Crippen molar-refractivity contribution in [3.8, 4) is 6.07 Å². The predicted octanol–water partition coefficient (Wildman–Crippen LogP) is 2.27. The molecule has 0 aliphatic carbocycles. The minimum absolute atomic E-state index is 0.266. The molecule has 1 N–H and O–H groups in total. The summed E-state index contributed by atoms with van der Waals surface area (Å²) >= 11 is 0. The van der Waals surface area contributed by atoms with E-state index in [1.54, 1.807) is 6.07 Å². The number of carbonyl (C=O) groups excluding carboxylic acids is 1. The van der Waals surface area contributed by atoms with E-state index in [-0.39, 0.29) is 11.6 Å². The van der Waals surface area contributed by atoms with Crippen molar-refractivity contribution in [3.63, 3.8) is 0 Å². The van der Waals surface area contributed by atoms with Crippen LogP contribution in [-0.2, 0) is 13.0 Å². The standard InChI is InChI=1S/C18H18N4O/c1-22-8-2-3-15-9-14(4-5-17(15)22)12-21-18(23)16-10-13(11-19)6-7-20-16/h4-7,9-10H,2-3,8,12H2,1H3,(H,21,23). The summed E-state index contributed by atoms with van der Waals surface area (Å²) < 4.78 is 0. The topological polar surface area (TPSA) is 69.0 Å². The van der Waals surface area contributed by atoms with Gasteiger partial charge in [0, 0.05) is 32.0 Å². The molecule has 5 nitrogen and oxygen atoms in total. The van der Waals surface area contributed by atoms with Crippen LogP contribution in [0.1, 0.15) is 33.6 Å². The molecule has 3 rings (SSSR count). The summed E-state index contributed by atoms with van der Waals surface area (Å²) in [6.07, 6.45) is 3.71. The van der Waals surface area contributed by atoms with Crippen LogP contribution in [0.3, 0.4) is 0 Å². The summed E-state index contributed by atoms with van der Waals surface area (Å²) in [6.45, 7) is 1.54. The lowest BCUT2D eigenvalue weighted by Gasteiger charge is -2.27. The molecule has 23 heavy (non-hydrogen) atoms. The zero-order valence-corrected chi connectivity index (χ0v) is 13.0. The summed E-state index contributed by atoms with van der Waals surface area (Å²) in [6, 6.07) is 11.4. The van der Waals surface area contributed by atoms with Gasteiger partial charge in [-0.15, -0.1) is 0 Å². The normalized spacial score (nSPS) is 13.1. The number of pyridine rings is 1. The maximum absolute atomic E-state index is 12.1. The van der Waals surface area contributed by atoms with Crippen LogP contribution in [0, 0.1) is 11.3 Å². The van der Waals surface area contributed by atoms with Crippen molar-refractivity contribution >= 4 is 11.6 Å². The van der Waals surface area contributed by atoms with Gasteiger partial charge in [-0.25, -0.2) is 0 Å². The van der Waals surface area contributed by atoms with Crippen molar-refractivity contribution in [1.29, 1.82) is 5.26 Å². The highest BCUT2D eigenvalue weighted by Gasteiger charge is 2.14. The number of aryl methyl sites for hydroxylation is 1. The average molecular weight is 306 g/mol. The fourth-order valence-corrected chi connectivity index (χ4v) is 2.85. The first-order valence-corrected chi connectivity index (χ1v) is 7.64. The number of carbonyl (C=O) groups is 1. The smallest absolute Gasteiger partial charge is 0.270 e. The van der Waals surface area contributed by atoms with Gasteiger partial charge in [-0.1, -0.05) is 12.1 Å². The molecule has 1 aliphatic rings. The first-order valence-electron chi connectivity index (χ1n) is 7.64. The van der Waals surface area contributed by atoms with Crippen molar-refractivity contribution < 1.29 is 4.79 Å². The van der Waals surface area contributed by atoms with E-state index in [1.807, 2.05) is 12.1 Å². The summed E-state index contributed by atoms with van der Waals surface area (Å²) in [5, 5.41) is 11.7. The number of nitrogens with zero attached hydrogens (tertiary/aromatic N) is 3. The minimum atomic E-state index is -0.267. The Kier molecular flexibility index (Phi) is 4.24. The molecule has 0 bridgehead atoms. The zero-order valence-electron chi connectivity index (χ0n) is 13.0. The third kappa shape index (κ3) is 3.32. The fourth-order valence-electron chi connectivity index (χ4n) is 2.85. The highest BCUT2D eigenvalue weighted by atomic mass is 16.1. The second-order valence-electron chi connectivity index (χ2n) is 5.71. The lowest BCUT2D eigenvalue weighted by Crippen LogP contribution is -2.26. The number of nitriles is 1. The maximum atomic E-state index is 12.1. The first-order chi connectivity index (χ1) is 11.2. The van der Waals surface area contributed by atoms with E-state index >= 15 is 0 Å². The highest BCUT2D eigenvalue weighted by molar-refractivity contribution is 5.92. The Morgan fingerprint density at radius 1 is 1.39 bits per heavy atom. The number of nitrogens with one attached hydrogen (secondary N) is 1. The summed E-state index contributed by atoms with van der Waals surface area (Å²) in [5.74, 6) is -0.267. The Morgan fingerprint density at radius 3 is 3.09 bits per heavy atom. The lowest BCUT2D eigenvalue weighted by molar-refractivity contribution is 0.0946. The SMILES string of the molecule is CN1CCCc2cc(CNC(=O)c3cc(C#N)ccn3)ccc21. The van der Waals surface area contributed by atoms with Gasteiger partial charge in [0.25, 0.3) is 5.91 Å². The summed E-state index contributed by atoms with van der Waals surface area (Å²) in [4.78, 5) is 18.4. The van der Waals surface area contributed by atoms with Crippen LogP contribution < -0.4 is 10.2 Å². The molecule has 0 fully saturated rings.